The molecule has 0 aromatic heterocycles. The van der Waals surface area contributed by atoms with E-state index in [-0.39, 0.29) is 12.5 Å². The zero-order valence-corrected chi connectivity index (χ0v) is 8.13. The first-order valence-electron chi connectivity index (χ1n) is 4.48. The maximum absolute atomic E-state index is 11.0. The Balaban J connectivity index is 4.68. The first kappa shape index (κ1) is 11.4. The molecule has 0 aromatic rings. The van der Waals surface area contributed by atoms with Crippen molar-refractivity contribution in [2.24, 2.45) is 17.1 Å². The Morgan fingerprint density at radius 1 is 1.58 bits per heavy atom. The lowest BCUT2D eigenvalue weighted by molar-refractivity contribution is -0.152. The third kappa shape index (κ3) is 1.78. The summed E-state index contributed by atoms with van der Waals surface area (Å²) < 4.78 is 0. The molecule has 0 rings (SSSR count). The summed E-state index contributed by atoms with van der Waals surface area (Å²) in [5, 5.41) is 9.05. The molecule has 3 N–H and O–H groups in total. The van der Waals surface area contributed by atoms with Crippen LogP contribution < -0.4 is 5.73 Å². The van der Waals surface area contributed by atoms with Gasteiger partial charge in [-0.1, -0.05) is 27.2 Å². The summed E-state index contributed by atoms with van der Waals surface area (Å²) in [4.78, 5) is 11.0. The van der Waals surface area contributed by atoms with Gasteiger partial charge in [0, 0.05) is 6.54 Å². The van der Waals surface area contributed by atoms with Crippen LogP contribution in [0.5, 0.6) is 0 Å². The van der Waals surface area contributed by atoms with Crippen LogP contribution in [0.15, 0.2) is 0 Å². The summed E-state index contributed by atoms with van der Waals surface area (Å²) in [6, 6.07) is 0. The fourth-order valence-electron chi connectivity index (χ4n) is 1.53. The van der Waals surface area contributed by atoms with E-state index in [2.05, 4.69) is 0 Å². The Hall–Kier alpha value is -0.570. The van der Waals surface area contributed by atoms with E-state index in [0.717, 1.165) is 6.42 Å². The molecule has 0 aliphatic rings. The van der Waals surface area contributed by atoms with Gasteiger partial charge in [0.15, 0.2) is 0 Å². The molecule has 0 saturated carbocycles. The highest BCUT2D eigenvalue weighted by molar-refractivity contribution is 5.75. The number of carboxylic acids is 1. The van der Waals surface area contributed by atoms with Crippen molar-refractivity contribution in [2.45, 2.75) is 33.6 Å². The largest absolute Gasteiger partial charge is 0.481 e. The van der Waals surface area contributed by atoms with Crippen molar-refractivity contribution in [3.8, 4) is 0 Å². The van der Waals surface area contributed by atoms with Crippen molar-refractivity contribution in [1.29, 1.82) is 0 Å². The summed E-state index contributed by atoms with van der Waals surface area (Å²) in [5.74, 6) is -0.619. The summed E-state index contributed by atoms with van der Waals surface area (Å²) in [5.41, 5.74) is 4.80. The average Bonchev–Trinajstić information content (AvgIpc) is 2.06. The number of hydrogen-bond donors (Lipinski definition) is 2. The fraction of sp³-hybridized carbons (Fsp3) is 0.889. The Kier molecular flexibility index (Phi) is 4.24. The summed E-state index contributed by atoms with van der Waals surface area (Å²) in [6.45, 7) is 6.05. The lowest BCUT2D eigenvalue weighted by atomic mass is 9.73. The van der Waals surface area contributed by atoms with E-state index in [1.165, 1.54) is 0 Å². The van der Waals surface area contributed by atoms with E-state index in [4.69, 9.17) is 10.8 Å². The second-order valence-corrected chi connectivity index (χ2v) is 3.33. The van der Waals surface area contributed by atoms with Gasteiger partial charge in [0.1, 0.15) is 0 Å². The van der Waals surface area contributed by atoms with E-state index >= 15 is 0 Å². The normalized spacial score (nSPS) is 18.3. The number of rotatable bonds is 5. The van der Waals surface area contributed by atoms with Gasteiger partial charge in [0.25, 0.3) is 0 Å². The monoisotopic (exact) mass is 173 g/mol. The van der Waals surface area contributed by atoms with Crippen LogP contribution in [0.1, 0.15) is 33.6 Å². The highest BCUT2D eigenvalue weighted by atomic mass is 16.4. The molecule has 0 heterocycles. The van der Waals surface area contributed by atoms with E-state index in [1.807, 2.05) is 20.8 Å². The molecule has 0 saturated heterocycles. The summed E-state index contributed by atoms with van der Waals surface area (Å²) in [7, 11) is 0. The third-order valence-electron chi connectivity index (χ3n) is 2.98. The van der Waals surface area contributed by atoms with Gasteiger partial charge in [-0.2, -0.15) is 0 Å². The predicted octanol–water partition coefficient (Wildman–Crippen LogP) is 1.47. The number of aliphatic carboxylic acids is 1. The first-order valence-corrected chi connectivity index (χ1v) is 4.48. The molecule has 0 amide bonds. The minimum Gasteiger partial charge on any atom is -0.481 e. The van der Waals surface area contributed by atoms with Crippen molar-refractivity contribution in [2.75, 3.05) is 6.54 Å². The molecule has 12 heavy (non-hydrogen) atoms. The maximum atomic E-state index is 11.0. The molecular formula is C9H19NO2. The predicted molar refractivity (Wildman–Crippen MR) is 48.9 cm³/mol. The molecule has 0 radical (unpaired) electrons. The van der Waals surface area contributed by atoms with Crippen molar-refractivity contribution in [3.05, 3.63) is 0 Å². The van der Waals surface area contributed by atoms with Crippen LogP contribution in [0.2, 0.25) is 0 Å². The molecule has 0 aliphatic heterocycles. The Morgan fingerprint density at radius 3 is 2.17 bits per heavy atom. The smallest absolute Gasteiger partial charge is 0.311 e. The quantitative estimate of drug-likeness (QED) is 0.661. The number of carboxylic acid groups (broad SMARTS) is 1. The van der Waals surface area contributed by atoms with Crippen LogP contribution in [0.3, 0.4) is 0 Å². The Bertz CT molecular complexity index is 153. The highest BCUT2D eigenvalue weighted by Crippen LogP contribution is 2.32. The Morgan fingerprint density at radius 2 is 2.08 bits per heavy atom. The number of hydrogen-bond acceptors (Lipinski definition) is 2. The molecule has 0 bridgehead atoms. The molecule has 3 nitrogen and oxygen atoms in total. The van der Waals surface area contributed by atoms with Crippen LogP contribution in [0, 0.1) is 11.3 Å². The topological polar surface area (TPSA) is 63.3 Å². The molecule has 0 fully saturated rings. The van der Waals surface area contributed by atoms with E-state index in [0.29, 0.717) is 6.42 Å². The van der Waals surface area contributed by atoms with E-state index in [9.17, 15) is 4.79 Å². The second-order valence-electron chi connectivity index (χ2n) is 3.33. The molecule has 0 spiro atoms. The molecule has 3 heteroatoms. The summed E-state index contributed by atoms with van der Waals surface area (Å²) in [6.07, 6.45) is 1.46. The van der Waals surface area contributed by atoms with Gasteiger partial charge in [-0.15, -0.1) is 0 Å². The first-order chi connectivity index (χ1) is 5.55. The van der Waals surface area contributed by atoms with Gasteiger partial charge >= 0.3 is 5.97 Å². The van der Waals surface area contributed by atoms with Crippen LogP contribution >= 0.6 is 0 Å². The lowest BCUT2D eigenvalue weighted by Gasteiger charge is -2.32. The number of nitrogens with two attached hydrogens (primary N) is 1. The van der Waals surface area contributed by atoms with Crippen LogP contribution in [0.25, 0.3) is 0 Å². The van der Waals surface area contributed by atoms with Gasteiger partial charge < -0.3 is 10.8 Å². The van der Waals surface area contributed by atoms with Crippen LogP contribution in [-0.2, 0) is 4.79 Å². The van der Waals surface area contributed by atoms with Crippen LogP contribution in [0.4, 0.5) is 0 Å². The van der Waals surface area contributed by atoms with Gasteiger partial charge in [-0.25, -0.2) is 0 Å². The zero-order valence-electron chi connectivity index (χ0n) is 8.13. The van der Waals surface area contributed by atoms with Gasteiger partial charge in [0.05, 0.1) is 5.41 Å². The Labute approximate surface area is 74.0 Å². The lowest BCUT2D eigenvalue weighted by Crippen LogP contribution is -2.43. The summed E-state index contributed by atoms with van der Waals surface area (Å²) >= 11 is 0. The maximum Gasteiger partial charge on any atom is 0.311 e. The third-order valence-corrected chi connectivity index (χ3v) is 2.98. The standard InChI is InChI=1S/C9H19NO2/c1-4-7(3)9(5-2,6-10)8(11)12/h7H,4-6,10H2,1-3H3,(H,11,12). The van der Waals surface area contributed by atoms with Gasteiger partial charge in [-0.3, -0.25) is 4.79 Å². The van der Waals surface area contributed by atoms with Gasteiger partial charge in [-0.05, 0) is 12.3 Å². The SMILES string of the molecule is CCC(C)C(CC)(CN)C(=O)O. The van der Waals surface area contributed by atoms with Crippen molar-refractivity contribution in [1.82, 2.24) is 0 Å². The van der Waals surface area contributed by atoms with E-state index in [1.54, 1.807) is 0 Å². The van der Waals surface area contributed by atoms with Gasteiger partial charge in [0.2, 0.25) is 0 Å². The molecule has 0 aromatic carbocycles. The number of carbonyl (C=O) groups is 1. The molecule has 0 aliphatic carbocycles. The molecule has 72 valence electrons. The zero-order chi connectivity index (χ0) is 9.78. The molecule has 2 unspecified atom stereocenters. The molecular weight excluding hydrogens is 154 g/mol. The van der Waals surface area contributed by atoms with Crippen LogP contribution in [-0.4, -0.2) is 17.6 Å². The fourth-order valence-corrected chi connectivity index (χ4v) is 1.53. The van der Waals surface area contributed by atoms with Crippen molar-refractivity contribution < 1.29 is 9.90 Å². The molecule has 2 atom stereocenters. The van der Waals surface area contributed by atoms with Crippen molar-refractivity contribution in [3.63, 3.8) is 0 Å². The highest BCUT2D eigenvalue weighted by Gasteiger charge is 2.39. The van der Waals surface area contributed by atoms with E-state index < -0.39 is 11.4 Å². The minimum atomic E-state index is -0.762. The second kappa shape index (κ2) is 4.45. The van der Waals surface area contributed by atoms with Crippen molar-refractivity contribution >= 4 is 5.97 Å². The minimum absolute atomic E-state index is 0.144. The average molecular weight is 173 g/mol.